The molecular weight excluding hydrogens is 460 g/mol. The van der Waals surface area contributed by atoms with Gasteiger partial charge in [0.05, 0.1) is 46.2 Å². The number of pyridine rings is 4. The lowest BCUT2D eigenvalue weighted by Crippen LogP contribution is -2.15. The number of nitrogens with zero attached hydrogens (tertiary/aromatic N) is 5. The number of fused-ring (bicyclic) bond motifs is 2. The monoisotopic (exact) mass is 486 g/mol. The molecule has 8 heteroatoms. The third-order valence-corrected chi connectivity index (χ3v) is 6.38. The van der Waals surface area contributed by atoms with Crippen LogP contribution in [0.25, 0.3) is 55.8 Å². The van der Waals surface area contributed by atoms with Crippen LogP contribution in [-0.2, 0) is 0 Å². The summed E-state index contributed by atoms with van der Waals surface area (Å²) in [5.41, 5.74) is 9.39. The van der Waals surface area contributed by atoms with E-state index in [2.05, 4.69) is 68.9 Å². The number of hydrogen-bond donors (Lipinski definition) is 3. The van der Waals surface area contributed by atoms with Crippen molar-refractivity contribution in [1.29, 1.82) is 0 Å². The topological polar surface area (TPSA) is 108 Å². The van der Waals surface area contributed by atoms with Crippen LogP contribution in [0.4, 0.5) is 5.69 Å². The maximum atomic E-state index is 4.97. The molecule has 0 amide bonds. The van der Waals surface area contributed by atoms with E-state index in [0.29, 0.717) is 0 Å². The third kappa shape index (κ3) is 4.23. The molecule has 6 rings (SSSR count). The first-order valence-electron chi connectivity index (χ1n) is 12.0. The molecule has 0 unspecified atom stereocenters. The summed E-state index contributed by atoms with van der Waals surface area (Å²) in [6, 6.07) is 13.9. The number of H-pyrrole nitrogens is 2. The summed E-state index contributed by atoms with van der Waals surface area (Å²) in [4.78, 5) is 21.8. The van der Waals surface area contributed by atoms with Crippen molar-refractivity contribution in [2.75, 3.05) is 5.32 Å². The van der Waals surface area contributed by atoms with E-state index in [1.165, 1.54) is 0 Å². The van der Waals surface area contributed by atoms with Gasteiger partial charge in [-0.05, 0) is 36.4 Å². The van der Waals surface area contributed by atoms with E-state index in [4.69, 9.17) is 4.98 Å². The van der Waals surface area contributed by atoms with Crippen LogP contribution in [0, 0.1) is 5.41 Å². The number of aromatic amines is 2. The summed E-state index contributed by atoms with van der Waals surface area (Å²) in [6.45, 7) is 10.5. The second kappa shape index (κ2) is 8.67. The fourth-order valence-corrected chi connectivity index (χ4v) is 4.16. The second-order valence-electron chi connectivity index (χ2n) is 10.0. The van der Waals surface area contributed by atoms with Gasteiger partial charge in [0.25, 0.3) is 0 Å². The fraction of sp³-hybridized carbons (Fsp3) is 0.138. The van der Waals surface area contributed by atoms with E-state index in [1.54, 1.807) is 12.4 Å². The quantitative estimate of drug-likeness (QED) is 0.253. The standard InChI is InChI=1S/C29H26N8/c1-17(29(2,3)4)33-19-11-18(13-30-14-19)22-8-9-24-27(35-22)28(37-36-24)25-12-20-21(15-31-16-26(20)34-25)23-7-5-6-10-32-23/h5-16,33-34H,1H2,2-4H3,(H,36,37). The van der Waals surface area contributed by atoms with Crippen molar-refractivity contribution in [1.82, 2.24) is 35.1 Å². The highest BCUT2D eigenvalue weighted by atomic mass is 15.1. The van der Waals surface area contributed by atoms with Crippen molar-refractivity contribution >= 4 is 27.6 Å². The van der Waals surface area contributed by atoms with E-state index >= 15 is 0 Å². The first kappa shape index (κ1) is 22.6. The fourth-order valence-electron chi connectivity index (χ4n) is 4.16. The van der Waals surface area contributed by atoms with Crippen LogP contribution in [0.3, 0.4) is 0 Å². The van der Waals surface area contributed by atoms with Gasteiger partial charge in [0.15, 0.2) is 0 Å². The van der Waals surface area contributed by atoms with Crippen molar-refractivity contribution in [2.24, 2.45) is 5.41 Å². The summed E-state index contributed by atoms with van der Waals surface area (Å²) in [5, 5.41) is 12.1. The van der Waals surface area contributed by atoms with Crippen molar-refractivity contribution in [2.45, 2.75) is 20.8 Å². The van der Waals surface area contributed by atoms with Gasteiger partial charge < -0.3 is 10.3 Å². The van der Waals surface area contributed by atoms with E-state index in [9.17, 15) is 0 Å². The van der Waals surface area contributed by atoms with Crippen LogP contribution in [0.15, 0.2) is 85.7 Å². The zero-order valence-electron chi connectivity index (χ0n) is 20.9. The number of aromatic nitrogens is 7. The van der Waals surface area contributed by atoms with Crippen molar-refractivity contribution in [3.05, 3.63) is 85.7 Å². The minimum Gasteiger partial charge on any atom is -0.358 e. The minimum atomic E-state index is -0.0651. The molecule has 0 atom stereocenters. The normalized spacial score (nSPS) is 11.8. The molecule has 0 aromatic carbocycles. The Balaban J connectivity index is 1.40. The van der Waals surface area contributed by atoms with Crippen molar-refractivity contribution < 1.29 is 0 Å². The summed E-state index contributed by atoms with van der Waals surface area (Å²) in [7, 11) is 0. The molecule has 37 heavy (non-hydrogen) atoms. The zero-order chi connectivity index (χ0) is 25.6. The van der Waals surface area contributed by atoms with Gasteiger partial charge in [-0.1, -0.05) is 33.4 Å². The van der Waals surface area contributed by atoms with Crippen molar-refractivity contribution in [3.63, 3.8) is 0 Å². The molecule has 0 spiro atoms. The number of rotatable bonds is 5. The Bertz CT molecular complexity index is 1760. The molecule has 0 aliphatic carbocycles. The highest BCUT2D eigenvalue weighted by Crippen LogP contribution is 2.33. The lowest BCUT2D eigenvalue weighted by molar-refractivity contribution is 0.509. The highest BCUT2D eigenvalue weighted by Gasteiger charge is 2.17. The van der Waals surface area contributed by atoms with Gasteiger partial charge >= 0.3 is 0 Å². The van der Waals surface area contributed by atoms with Gasteiger partial charge in [-0.2, -0.15) is 5.10 Å². The van der Waals surface area contributed by atoms with Crippen molar-refractivity contribution in [3.8, 4) is 33.9 Å². The predicted octanol–water partition coefficient (Wildman–Crippen LogP) is 6.60. The first-order valence-corrected chi connectivity index (χ1v) is 12.0. The largest absolute Gasteiger partial charge is 0.358 e. The first-order chi connectivity index (χ1) is 17.9. The second-order valence-corrected chi connectivity index (χ2v) is 10.0. The summed E-state index contributed by atoms with van der Waals surface area (Å²) in [5.74, 6) is 0. The Morgan fingerprint density at radius 2 is 1.78 bits per heavy atom. The van der Waals surface area contributed by atoms with Gasteiger partial charge in [0.1, 0.15) is 11.2 Å². The Hall–Kier alpha value is -4.85. The van der Waals surface area contributed by atoms with Gasteiger partial charge in [0, 0.05) is 46.2 Å². The van der Waals surface area contributed by atoms with Crippen LogP contribution < -0.4 is 5.32 Å². The van der Waals surface area contributed by atoms with Gasteiger partial charge in [-0.25, -0.2) is 4.98 Å². The van der Waals surface area contributed by atoms with E-state index in [-0.39, 0.29) is 5.41 Å². The molecule has 6 aromatic rings. The Morgan fingerprint density at radius 3 is 2.59 bits per heavy atom. The van der Waals surface area contributed by atoms with Crippen LogP contribution in [-0.4, -0.2) is 35.1 Å². The number of anilines is 1. The molecule has 8 nitrogen and oxygen atoms in total. The lowest BCUT2D eigenvalue weighted by Gasteiger charge is -2.23. The average molecular weight is 487 g/mol. The zero-order valence-corrected chi connectivity index (χ0v) is 20.9. The minimum absolute atomic E-state index is 0.0651. The molecule has 0 saturated heterocycles. The van der Waals surface area contributed by atoms with Crippen LogP contribution in [0.2, 0.25) is 0 Å². The van der Waals surface area contributed by atoms with Crippen LogP contribution in [0.5, 0.6) is 0 Å². The highest BCUT2D eigenvalue weighted by molar-refractivity contribution is 5.99. The molecule has 6 heterocycles. The summed E-state index contributed by atoms with van der Waals surface area (Å²) < 4.78 is 0. The van der Waals surface area contributed by atoms with Crippen LogP contribution in [0.1, 0.15) is 20.8 Å². The SMILES string of the molecule is C=C(Nc1cncc(-c2ccc3[nH]nc(-c4cc5c(-c6ccccn6)cncc5[nH]4)c3n2)c1)C(C)(C)C. The van der Waals surface area contributed by atoms with E-state index in [0.717, 1.165) is 67.2 Å². The van der Waals surface area contributed by atoms with Gasteiger partial charge in [-0.3, -0.25) is 20.1 Å². The molecule has 0 aliphatic heterocycles. The Labute approximate surface area is 214 Å². The molecule has 182 valence electrons. The maximum Gasteiger partial charge on any atom is 0.135 e. The third-order valence-electron chi connectivity index (χ3n) is 6.38. The van der Waals surface area contributed by atoms with E-state index in [1.807, 2.05) is 55.0 Å². The maximum absolute atomic E-state index is 4.97. The molecule has 3 N–H and O–H groups in total. The molecule has 0 aliphatic rings. The summed E-state index contributed by atoms with van der Waals surface area (Å²) >= 11 is 0. The molecule has 0 saturated carbocycles. The Morgan fingerprint density at radius 1 is 0.919 bits per heavy atom. The molecule has 0 fully saturated rings. The number of hydrogen-bond acceptors (Lipinski definition) is 6. The number of nitrogens with one attached hydrogen (secondary N) is 3. The molecule has 0 bridgehead atoms. The summed E-state index contributed by atoms with van der Waals surface area (Å²) in [6.07, 6.45) is 9.04. The molecule has 6 aromatic heterocycles. The van der Waals surface area contributed by atoms with Crippen LogP contribution >= 0.6 is 0 Å². The average Bonchev–Trinajstić information content (AvgIpc) is 3.52. The molecule has 0 radical (unpaired) electrons. The predicted molar refractivity (Wildman–Crippen MR) is 148 cm³/mol. The van der Waals surface area contributed by atoms with E-state index < -0.39 is 0 Å². The number of allylic oxidation sites excluding steroid dienone is 1. The lowest BCUT2D eigenvalue weighted by atomic mass is 9.93. The smallest absolute Gasteiger partial charge is 0.135 e. The van der Waals surface area contributed by atoms with Gasteiger partial charge in [-0.15, -0.1) is 0 Å². The van der Waals surface area contributed by atoms with Gasteiger partial charge in [0.2, 0.25) is 0 Å². The Kier molecular flexibility index (Phi) is 5.30. The molecular formula is C29H26N8.